The third-order valence-electron chi connectivity index (χ3n) is 6.59. The van der Waals surface area contributed by atoms with Gasteiger partial charge in [-0.1, -0.05) is 45.0 Å². The number of nitrogens with zero attached hydrogens (tertiary/aromatic N) is 1. The van der Waals surface area contributed by atoms with Gasteiger partial charge in [-0.15, -0.1) is 0 Å². The van der Waals surface area contributed by atoms with E-state index in [9.17, 15) is 31.4 Å². The van der Waals surface area contributed by atoms with E-state index in [-0.39, 0.29) is 40.7 Å². The van der Waals surface area contributed by atoms with E-state index in [1.54, 1.807) is 0 Å². The van der Waals surface area contributed by atoms with Gasteiger partial charge in [0, 0.05) is 24.0 Å². The molecule has 0 bridgehead atoms. The summed E-state index contributed by atoms with van der Waals surface area (Å²) in [5.74, 6) is 0. The van der Waals surface area contributed by atoms with Crippen LogP contribution in [0.5, 0.6) is 0 Å². The highest BCUT2D eigenvalue weighted by atomic mass is 19.4. The second-order valence-corrected chi connectivity index (χ2v) is 10.1. The normalized spacial score (nSPS) is 22.1. The fourth-order valence-corrected chi connectivity index (χ4v) is 4.78. The Hall–Kier alpha value is -2.06. The summed E-state index contributed by atoms with van der Waals surface area (Å²) in [5, 5.41) is 10.0. The number of alkyl halides is 6. The lowest BCUT2D eigenvalue weighted by atomic mass is 9.86. The molecule has 2 aromatic carbocycles. The highest BCUT2D eigenvalue weighted by Crippen LogP contribution is 2.39. The van der Waals surface area contributed by atoms with E-state index in [0.29, 0.717) is 19.5 Å². The zero-order chi connectivity index (χ0) is 24.7. The van der Waals surface area contributed by atoms with Crippen molar-refractivity contribution in [3.8, 4) is 0 Å². The Morgan fingerprint density at radius 1 is 0.788 bits per heavy atom. The highest BCUT2D eigenvalue weighted by Gasteiger charge is 2.43. The molecular formula is C25H30F6NO+. The van der Waals surface area contributed by atoms with E-state index in [0.717, 1.165) is 29.7 Å². The molecule has 8 heteroatoms. The van der Waals surface area contributed by atoms with E-state index in [2.05, 4.69) is 20.8 Å². The second-order valence-electron chi connectivity index (χ2n) is 10.1. The molecule has 1 aliphatic rings. The molecule has 182 valence electrons. The first kappa shape index (κ1) is 25.6. The zero-order valence-electron chi connectivity index (χ0n) is 19.0. The summed E-state index contributed by atoms with van der Waals surface area (Å²) in [7, 11) is 0. The Balaban J connectivity index is 2.01. The van der Waals surface area contributed by atoms with Crippen LogP contribution in [-0.2, 0) is 30.9 Å². The first-order valence-electron chi connectivity index (χ1n) is 11.0. The van der Waals surface area contributed by atoms with Crippen molar-refractivity contribution in [1.82, 2.24) is 0 Å². The number of halogens is 6. The van der Waals surface area contributed by atoms with Crippen LogP contribution in [-0.4, -0.2) is 28.8 Å². The summed E-state index contributed by atoms with van der Waals surface area (Å²) < 4.78 is 80.4. The molecule has 2 aromatic rings. The van der Waals surface area contributed by atoms with Gasteiger partial charge in [0.05, 0.1) is 24.3 Å². The van der Waals surface area contributed by atoms with E-state index < -0.39 is 23.5 Å². The van der Waals surface area contributed by atoms with Crippen LogP contribution in [0.15, 0.2) is 42.5 Å². The minimum absolute atomic E-state index is 0.0146. The number of quaternary nitrogens is 1. The number of hydrogen-bond donors (Lipinski definition) is 1. The molecule has 1 heterocycles. The van der Waals surface area contributed by atoms with Gasteiger partial charge in [0.15, 0.2) is 0 Å². The minimum Gasteiger partial charge on any atom is -0.390 e. The van der Waals surface area contributed by atoms with Gasteiger partial charge in [-0.25, -0.2) is 0 Å². The summed E-state index contributed by atoms with van der Waals surface area (Å²) in [6.45, 7) is 7.07. The Morgan fingerprint density at radius 2 is 1.30 bits per heavy atom. The van der Waals surface area contributed by atoms with Crippen LogP contribution < -0.4 is 0 Å². The summed E-state index contributed by atoms with van der Waals surface area (Å²) in [4.78, 5) is 0. The average Bonchev–Trinajstić information content (AvgIpc) is 3.08. The monoisotopic (exact) mass is 474 g/mol. The molecule has 0 radical (unpaired) electrons. The van der Waals surface area contributed by atoms with Gasteiger partial charge in [0.1, 0.15) is 19.1 Å². The molecule has 0 saturated carbocycles. The molecule has 0 amide bonds. The van der Waals surface area contributed by atoms with Crippen LogP contribution in [0.2, 0.25) is 0 Å². The van der Waals surface area contributed by atoms with Gasteiger partial charge in [-0.05, 0) is 29.2 Å². The SMILES string of the molecule is CC(C)(C)c1ccc(C[N+]2(Cc3cc(C(F)(F)F)cc(C(F)(F)F)c3)CCC[C@H]2CO)cc1. The summed E-state index contributed by atoms with van der Waals surface area (Å²) in [6, 6.07) is 9.45. The Labute approximate surface area is 190 Å². The van der Waals surface area contributed by atoms with Crippen molar-refractivity contribution in [3.05, 3.63) is 70.3 Å². The maximum atomic E-state index is 13.4. The van der Waals surface area contributed by atoms with Crippen LogP contribution in [0.25, 0.3) is 0 Å². The fraction of sp³-hybridized carbons (Fsp3) is 0.520. The molecule has 2 nitrogen and oxygen atoms in total. The fourth-order valence-electron chi connectivity index (χ4n) is 4.78. The number of aliphatic hydroxyl groups is 1. The van der Waals surface area contributed by atoms with Gasteiger partial charge in [0.2, 0.25) is 0 Å². The van der Waals surface area contributed by atoms with Crippen molar-refractivity contribution in [3.63, 3.8) is 0 Å². The number of benzene rings is 2. The van der Waals surface area contributed by atoms with Crippen molar-refractivity contribution < 1.29 is 35.9 Å². The maximum Gasteiger partial charge on any atom is 0.416 e. The summed E-state index contributed by atoms with van der Waals surface area (Å²) in [6.07, 6.45) is -8.35. The van der Waals surface area contributed by atoms with Gasteiger partial charge < -0.3 is 9.59 Å². The Bertz CT molecular complexity index is 927. The van der Waals surface area contributed by atoms with E-state index >= 15 is 0 Å². The van der Waals surface area contributed by atoms with Gasteiger partial charge in [0.25, 0.3) is 0 Å². The average molecular weight is 475 g/mol. The maximum absolute atomic E-state index is 13.4. The minimum atomic E-state index is -4.88. The molecule has 2 atom stereocenters. The van der Waals surface area contributed by atoms with E-state index in [1.807, 2.05) is 24.3 Å². The largest absolute Gasteiger partial charge is 0.416 e. The molecular weight excluding hydrogens is 444 g/mol. The third-order valence-corrected chi connectivity index (χ3v) is 6.59. The molecule has 1 aliphatic heterocycles. The first-order chi connectivity index (χ1) is 15.1. The van der Waals surface area contributed by atoms with Crippen LogP contribution in [0.1, 0.15) is 61.4 Å². The second kappa shape index (κ2) is 8.95. The summed E-state index contributed by atoms with van der Waals surface area (Å²) >= 11 is 0. The van der Waals surface area contributed by atoms with Gasteiger partial charge in [-0.2, -0.15) is 26.3 Å². The van der Waals surface area contributed by atoms with Crippen LogP contribution >= 0.6 is 0 Å². The van der Waals surface area contributed by atoms with Crippen molar-refractivity contribution in [1.29, 1.82) is 0 Å². The van der Waals surface area contributed by atoms with Gasteiger partial charge in [-0.3, -0.25) is 0 Å². The number of rotatable bonds is 5. The molecule has 0 aliphatic carbocycles. The van der Waals surface area contributed by atoms with Crippen molar-refractivity contribution in [2.45, 2.75) is 70.5 Å². The number of likely N-dealkylation sites (tertiary alicyclic amines) is 1. The number of hydrogen-bond acceptors (Lipinski definition) is 1. The van der Waals surface area contributed by atoms with Crippen LogP contribution in [0, 0.1) is 0 Å². The topological polar surface area (TPSA) is 20.2 Å². The highest BCUT2D eigenvalue weighted by molar-refractivity contribution is 5.33. The van der Waals surface area contributed by atoms with Gasteiger partial charge >= 0.3 is 12.4 Å². The molecule has 1 saturated heterocycles. The number of aliphatic hydroxyl groups excluding tert-OH is 1. The predicted molar refractivity (Wildman–Crippen MR) is 114 cm³/mol. The van der Waals surface area contributed by atoms with Crippen LogP contribution in [0.4, 0.5) is 26.3 Å². The third kappa shape index (κ3) is 5.90. The Kier molecular flexibility index (Phi) is 6.93. The molecule has 1 fully saturated rings. The molecule has 0 aromatic heterocycles. The lowest BCUT2D eigenvalue weighted by molar-refractivity contribution is -0.964. The smallest absolute Gasteiger partial charge is 0.390 e. The lowest BCUT2D eigenvalue weighted by Gasteiger charge is -2.40. The van der Waals surface area contributed by atoms with Crippen molar-refractivity contribution in [2.24, 2.45) is 0 Å². The molecule has 1 unspecified atom stereocenters. The van der Waals surface area contributed by atoms with E-state index in [1.165, 1.54) is 0 Å². The molecule has 33 heavy (non-hydrogen) atoms. The van der Waals surface area contributed by atoms with Crippen LogP contribution in [0.3, 0.4) is 0 Å². The quantitative estimate of drug-likeness (QED) is 0.378. The zero-order valence-corrected chi connectivity index (χ0v) is 19.0. The van der Waals surface area contributed by atoms with Crippen molar-refractivity contribution >= 4 is 0 Å². The predicted octanol–water partition coefficient (Wildman–Crippen LogP) is 6.69. The first-order valence-corrected chi connectivity index (χ1v) is 11.0. The molecule has 0 spiro atoms. The molecule has 3 rings (SSSR count). The Morgan fingerprint density at radius 3 is 1.76 bits per heavy atom. The lowest BCUT2D eigenvalue weighted by Crippen LogP contribution is -2.51. The molecule has 1 N–H and O–H groups in total. The standard InChI is InChI=1S/C25H30F6NO/c1-23(2,3)19-8-6-17(7-9-19)14-32(10-4-5-22(32)16-33)15-18-11-20(24(26,27)28)13-21(12-18)25(29,30)31/h6-9,11-13,22,33H,4-5,10,14-16H2,1-3H3/q+1/t22-,32?/m0/s1. The summed E-state index contributed by atoms with van der Waals surface area (Å²) in [5.41, 5.74) is -0.613. The van der Waals surface area contributed by atoms with Crippen molar-refractivity contribution in [2.75, 3.05) is 13.2 Å². The van der Waals surface area contributed by atoms with E-state index in [4.69, 9.17) is 0 Å².